The number of aromatic nitrogens is 2. The molecule has 0 saturated carbocycles. The van der Waals surface area contributed by atoms with Gasteiger partial charge in [-0.3, -0.25) is 4.79 Å². The van der Waals surface area contributed by atoms with Crippen LogP contribution in [-0.2, 0) is 17.8 Å². The van der Waals surface area contributed by atoms with Crippen molar-refractivity contribution in [3.8, 4) is 0 Å². The first-order chi connectivity index (χ1) is 9.15. The zero-order chi connectivity index (χ0) is 13.7. The normalized spacial score (nSPS) is 10.4. The van der Waals surface area contributed by atoms with Crippen LogP contribution in [0.25, 0.3) is 0 Å². The Morgan fingerprint density at radius 1 is 1.42 bits per heavy atom. The Hall–Kier alpha value is -1.88. The Labute approximate surface area is 116 Å². The molecule has 0 bridgehead atoms. The highest BCUT2D eigenvalue weighted by Gasteiger charge is 2.07. The fourth-order valence-corrected chi connectivity index (χ4v) is 1.79. The summed E-state index contributed by atoms with van der Waals surface area (Å²) in [5.74, 6) is 0.979. The fourth-order valence-electron chi connectivity index (χ4n) is 1.59. The Morgan fingerprint density at radius 3 is 2.89 bits per heavy atom. The fraction of sp³-hybridized carbons (Fsp3) is 0.308. The molecule has 5 nitrogen and oxygen atoms in total. The van der Waals surface area contributed by atoms with Crippen LogP contribution in [0.5, 0.6) is 0 Å². The van der Waals surface area contributed by atoms with Crippen molar-refractivity contribution in [3.63, 3.8) is 0 Å². The zero-order valence-corrected chi connectivity index (χ0v) is 11.3. The summed E-state index contributed by atoms with van der Waals surface area (Å²) < 4.78 is 4.93. The molecule has 2 rings (SSSR count). The highest BCUT2D eigenvalue weighted by Crippen LogP contribution is 2.14. The lowest BCUT2D eigenvalue weighted by Crippen LogP contribution is -2.23. The molecule has 0 fully saturated rings. The summed E-state index contributed by atoms with van der Waals surface area (Å²) >= 11 is 6.00. The second kappa shape index (κ2) is 6.33. The minimum atomic E-state index is -0.0734. The first kappa shape index (κ1) is 13.5. The third-order valence-electron chi connectivity index (χ3n) is 2.57. The molecule has 0 saturated heterocycles. The molecule has 0 radical (unpaired) electrons. The molecule has 1 aromatic carbocycles. The van der Waals surface area contributed by atoms with E-state index >= 15 is 0 Å². The van der Waals surface area contributed by atoms with Crippen LogP contribution in [0.15, 0.2) is 28.8 Å². The van der Waals surface area contributed by atoms with Crippen molar-refractivity contribution in [2.75, 3.05) is 0 Å². The summed E-state index contributed by atoms with van der Waals surface area (Å²) in [7, 11) is 0. The molecule has 1 N–H and O–H groups in total. The second-order valence-electron chi connectivity index (χ2n) is 4.10. The highest BCUT2D eigenvalue weighted by molar-refractivity contribution is 6.31. The molecule has 0 aliphatic rings. The van der Waals surface area contributed by atoms with E-state index in [0.29, 0.717) is 36.1 Å². The number of aryl methyl sites for hydroxylation is 2. The Bertz CT molecular complexity index is 569. The zero-order valence-electron chi connectivity index (χ0n) is 10.5. The number of hydrogen-bond acceptors (Lipinski definition) is 4. The molecule has 6 heteroatoms. The average molecular weight is 280 g/mol. The first-order valence-electron chi connectivity index (χ1n) is 5.94. The quantitative estimate of drug-likeness (QED) is 0.912. The van der Waals surface area contributed by atoms with Crippen molar-refractivity contribution >= 4 is 17.5 Å². The number of halogens is 1. The van der Waals surface area contributed by atoms with Crippen LogP contribution in [0.3, 0.4) is 0 Å². The van der Waals surface area contributed by atoms with Gasteiger partial charge in [0.05, 0.1) is 0 Å². The third kappa shape index (κ3) is 4.06. The van der Waals surface area contributed by atoms with Gasteiger partial charge in [-0.15, -0.1) is 0 Å². The largest absolute Gasteiger partial charge is 0.352 e. The standard InChI is InChI=1S/C13H14ClN3O2/c1-9-16-13(19-17-9)7-6-12(18)15-8-10-4-2-3-5-11(10)14/h2-5H,6-8H2,1H3,(H,15,18). The van der Waals surface area contributed by atoms with Crippen molar-refractivity contribution in [3.05, 3.63) is 46.6 Å². The van der Waals surface area contributed by atoms with Gasteiger partial charge in [-0.1, -0.05) is 35.0 Å². The molecule has 1 aromatic heterocycles. The molecule has 1 heterocycles. The van der Waals surface area contributed by atoms with E-state index in [9.17, 15) is 4.79 Å². The van der Waals surface area contributed by atoms with Gasteiger partial charge < -0.3 is 9.84 Å². The molecule has 1 amide bonds. The Balaban J connectivity index is 1.77. The van der Waals surface area contributed by atoms with E-state index in [0.717, 1.165) is 5.56 Å². The van der Waals surface area contributed by atoms with E-state index in [-0.39, 0.29) is 5.91 Å². The van der Waals surface area contributed by atoms with Gasteiger partial charge >= 0.3 is 0 Å². The first-order valence-corrected chi connectivity index (χ1v) is 6.32. The molecule has 2 aromatic rings. The number of amides is 1. The maximum Gasteiger partial charge on any atom is 0.227 e. The summed E-state index contributed by atoms with van der Waals surface area (Å²) in [5.41, 5.74) is 0.895. The molecule has 0 unspecified atom stereocenters. The Morgan fingerprint density at radius 2 is 2.21 bits per heavy atom. The monoisotopic (exact) mass is 279 g/mol. The van der Waals surface area contributed by atoms with Gasteiger partial charge in [0.2, 0.25) is 11.8 Å². The molecule has 100 valence electrons. The lowest BCUT2D eigenvalue weighted by Gasteiger charge is -2.05. The topological polar surface area (TPSA) is 68.0 Å². The molecular weight excluding hydrogens is 266 g/mol. The van der Waals surface area contributed by atoms with Crippen LogP contribution in [0.1, 0.15) is 23.7 Å². The number of hydrogen-bond donors (Lipinski definition) is 1. The summed E-state index contributed by atoms with van der Waals surface area (Å²) in [6.45, 7) is 2.16. The maximum absolute atomic E-state index is 11.7. The van der Waals surface area contributed by atoms with Crippen LogP contribution in [-0.4, -0.2) is 16.0 Å². The molecule has 0 atom stereocenters. The lowest BCUT2D eigenvalue weighted by atomic mass is 10.2. The van der Waals surface area contributed by atoms with Gasteiger partial charge in [0.25, 0.3) is 0 Å². The number of rotatable bonds is 5. The van der Waals surface area contributed by atoms with E-state index in [1.165, 1.54) is 0 Å². The smallest absolute Gasteiger partial charge is 0.227 e. The number of nitrogens with one attached hydrogen (secondary N) is 1. The number of benzene rings is 1. The van der Waals surface area contributed by atoms with Crippen molar-refractivity contribution in [1.29, 1.82) is 0 Å². The van der Waals surface area contributed by atoms with Crippen molar-refractivity contribution in [2.45, 2.75) is 26.3 Å². The molecule has 19 heavy (non-hydrogen) atoms. The summed E-state index contributed by atoms with van der Waals surface area (Å²) in [4.78, 5) is 15.7. The van der Waals surface area contributed by atoms with E-state index in [1.807, 2.05) is 18.2 Å². The molecule has 0 aliphatic carbocycles. The lowest BCUT2D eigenvalue weighted by molar-refractivity contribution is -0.121. The number of carbonyl (C=O) groups excluding carboxylic acids is 1. The number of carbonyl (C=O) groups is 1. The Kier molecular flexibility index (Phi) is 4.52. The predicted octanol–water partition coefficient (Wildman–Crippen LogP) is 2.28. The SMILES string of the molecule is Cc1noc(CCC(=O)NCc2ccccc2Cl)n1. The van der Waals surface area contributed by atoms with E-state index in [1.54, 1.807) is 13.0 Å². The summed E-state index contributed by atoms with van der Waals surface area (Å²) in [5, 5.41) is 7.12. The van der Waals surface area contributed by atoms with Gasteiger partial charge in [-0.05, 0) is 18.6 Å². The molecule has 0 spiro atoms. The minimum absolute atomic E-state index is 0.0734. The molecular formula is C13H14ClN3O2. The number of nitrogens with zero attached hydrogens (tertiary/aromatic N) is 2. The van der Waals surface area contributed by atoms with Gasteiger partial charge in [0.1, 0.15) is 0 Å². The highest BCUT2D eigenvalue weighted by atomic mass is 35.5. The van der Waals surface area contributed by atoms with Gasteiger partial charge in [0, 0.05) is 24.4 Å². The van der Waals surface area contributed by atoms with Crippen molar-refractivity contribution in [2.24, 2.45) is 0 Å². The third-order valence-corrected chi connectivity index (χ3v) is 2.94. The predicted molar refractivity (Wildman–Crippen MR) is 70.7 cm³/mol. The van der Waals surface area contributed by atoms with Crippen molar-refractivity contribution < 1.29 is 9.32 Å². The minimum Gasteiger partial charge on any atom is -0.352 e. The summed E-state index contributed by atoms with van der Waals surface area (Å²) in [6.07, 6.45) is 0.751. The maximum atomic E-state index is 11.7. The summed E-state index contributed by atoms with van der Waals surface area (Å²) in [6, 6.07) is 7.41. The van der Waals surface area contributed by atoms with Crippen LogP contribution < -0.4 is 5.32 Å². The van der Waals surface area contributed by atoms with Gasteiger partial charge in [0.15, 0.2) is 5.82 Å². The van der Waals surface area contributed by atoms with Crippen LogP contribution in [0.4, 0.5) is 0 Å². The van der Waals surface area contributed by atoms with E-state index < -0.39 is 0 Å². The van der Waals surface area contributed by atoms with Crippen LogP contribution >= 0.6 is 11.6 Å². The van der Waals surface area contributed by atoms with E-state index in [2.05, 4.69) is 15.5 Å². The van der Waals surface area contributed by atoms with Crippen LogP contribution in [0.2, 0.25) is 5.02 Å². The van der Waals surface area contributed by atoms with E-state index in [4.69, 9.17) is 16.1 Å². The van der Waals surface area contributed by atoms with Crippen LogP contribution in [0, 0.1) is 6.92 Å². The second-order valence-corrected chi connectivity index (χ2v) is 4.51. The molecule has 0 aliphatic heterocycles. The van der Waals surface area contributed by atoms with Gasteiger partial charge in [-0.2, -0.15) is 4.98 Å². The average Bonchev–Trinajstić information content (AvgIpc) is 2.81. The van der Waals surface area contributed by atoms with Gasteiger partial charge in [-0.25, -0.2) is 0 Å². The van der Waals surface area contributed by atoms with Crippen molar-refractivity contribution in [1.82, 2.24) is 15.5 Å².